The second kappa shape index (κ2) is 8.47. The van der Waals surface area contributed by atoms with Crippen LogP contribution in [0.2, 0.25) is 0 Å². The molecule has 2 amide bonds. The van der Waals surface area contributed by atoms with Crippen LogP contribution in [0.5, 0.6) is 0 Å². The van der Waals surface area contributed by atoms with Crippen molar-refractivity contribution in [2.45, 2.75) is 39.0 Å². The molecule has 2 aromatic heterocycles. The third-order valence-corrected chi connectivity index (χ3v) is 4.55. The lowest BCUT2D eigenvalue weighted by Gasteiger charge is -2.41. The van der Waals surface area contributed by atoms with E-state index < -0.39 is 22.7 Å². The molecule has 11 nitrogen and oxygen atoms in total. The summed E-state index contributed by atoms with van der Waals surface area (Å²) in [5, 5.41) is 14.6. The molecule has 30 heavy (non-hydrogen) atoms. The molecule has 0 saturated carbocycles. The molecule has 0 spiro atoms. The molecule has 1 aliphatic heterocycles. The first kappa shape index (κ1) is 21.2. The highest BCUT2D eigenvalue weighted by Crippen LogP contribution is 2.26. The minimum absolute atomic E-state index is 0.137. The van der Waals surface area contributed by atoms with E-state index in [4.69, 9.17) is 4.74 Å². The third-order valence-electron chi connectivity index (χ3n) is 4.55. The number of carbonyl (C=O) groups is 2. The Labute approximate surface area is 173 Å². The van der Waals surface area contributed by atoms with Crippen LogP contribution in [0.15, 0.2) is 36.8 Å². The van der Waals surface area contributed by atoms with Gasteiger partial charge in [0.1, 0.15) is 12.1 Å². The molecule has 0 N–H and O–H groups in total. The number of nitro groups is 1. The van der Waals surface area contributed by atoms with Crippen LogP contribution in [0.25, 0.3) is 0 Å². The second-order valence-electron chi connectivity index (χ2n) is 7.94. The Morgan fingerprint density at radius 3 is 2.53 bits per heavy atom. The lowest BCUT2D eigenvalue weighted by atomic mass is 10.0. The van der Waals surface area contributed by atoms with Gasteiger partial charge in [0.25, 0.3) is 0 Å². The third kappa shape index (κ3) is 5.10. The van der Waals surface area contributed by atoms with Crippen LogP contribution in [0.3, 0.4) is 0 Å². The van der Waals surface area contributed by atoms with Gasteiger partial charge in [-0.15, -0.1) is 0 Å². The van der Waals surface area contributed by atoms with E-state index in [0.717, 1.165) is 5.56 Å². The molecule has 0 radical (unpaired) electrons. The summed E-state index contributed by atoms with van der Waals surface area (Å²) in [6.07, 6.45) is 4.22. The summed E-state index contributed by atoms with van der Waals surface area (Å²) in [5.74, 6) is -0.568. The first-order valence-corrected chi connectivity index (χ1v) is 9.49. The summed E-state index contributed by atoms with van der Waals surface area (Å²) < 4.78 is 6.71. The molecular formula is C19H24N6O5. The Bertz CT molecular complexity index is 923. The van der Waals surface area contributed by atoms with Gasteiger partial charge in [0, 0.05) is 32.0 Å². The molecule has 160 valence electrons. The Kier molecular flexibility index (Phi) is 5.99. The van der Waals surface area contributed by atoms with E-state index in [-0.39, 0.29) is 24.8 Å². The highest BCUT2D eigenvalue weighted by atomic mass is 16.6. The van der Waals surface area contributed by atoms with Crippen molar-refractivity contribution in [3.8, 4) is 0 Å². The predicted molar refractivity (Wildman–Crippen MR) is 105 cm³/mol. The standard InChI is InChI=1S/C19H24N6O5/c1-19(2,3)30-18(27)22-10-11-24(15(12-22)14-4-7-20-8-5-14)17(26)13-23-9-6-16(21-23)25(28)29/h4-9,15H,10-13H2,1-3H3/t15-/m1/s1. The zero-order valence-electron chi connectivity index (χ0n) is 17.1. The van der Waals surface area contributed by atoms with E-state index in [9.17, 15) is 19.7 Å². The molecule has 0 bridgehead atoms. The Hall–Kier alpha value is -3.50. The van der Waals surface area contributed by atoms with Crippen LogP contribution in [-0.2, 0) is 16.1 Å². The molecule has 3 heterocycles. The van der Waals surface area contributed by atoms with Gasteiger partial charge in [-0.05, 0) is 43.4 Å². The van der Waals surface area contributed by atoms with Gasteiger partial charge in [-0.1, -0.05) is 0 Å². The SMILES string of the molecule is CC(C)(C)OC(=O)N1CCN(C(=O)Cn2ccc([N+](=O)[O-])n2)[C@@H](c2ccncc2)C1. The van der Waals surface area contributed by atoms with Gasteiger partial charge in [-0.2, -0.15) is 4.68 Å². The van der Waals surface area contributed by atoms with Gasteiger partial charge in [0.2, 0.25) is 5.91 Å². The summed E-state index contributed by atoms with van der Waals surface area (Å²) in [4.78, 5) is 43.0. The molecule has 2 aromatic rings. The first-order chi connectivity index (χ1) is 14.1. The number of ether oxygens (including phenoxy) is 1. The smallest absolute Gasteiger partial charge is 0.410 e. The number of aromatic nitrogens is 3. The monoisotopic (exact) mass is 416 g/mol. The van der Waals surface area contributed by atoms with Crippen molar-refractivity contribution in [3.05, 3.63) is 52.5 Å². The van der Waals surface area contributed by atoms with Crippen molar-refractivity contribution in [1.82, 2.24) is 24.6 Å². The number of nitrogens with zero attached hydrogens (tertiary/aromatic N) is 6. The molecule has 11 heteroatoms. The van der Waals surface area contributed by atoms with E-state index in [1.165, 1.54) is 16.9 Å². The maximum Gasteiger partial charge on any atom is 0.410 e. The van der Waals surface area contributed by atoms with Crippen LogP contribution in [0, 0.1) is 10.1 Å². The first-order valence-electron chi connectivity index (χ1n) is 9.49. The van der Waals surface area contributed by atoms with Crippen LogP contribution in [-0.4, -0.2) is 66.7 Å². The van der Waals surface area contributed by atoms with Gasteiger partial charge >= 0.3 is 11.9 Å². The molecule has 0 aromatic carbocycles. The fraction of sp³-hybridized carbons (Fsp3) is 0.474. The molecule has 0 unspecified atom stereocenters. The van der Waals surface area contributed by atoms with E-state index in [0.29, 0.717) is 13.1 Å². The van der Waals surface area contributed by atoms with E-state index in [1.807, 2.05) is 0 Å². The average molecular weight is 416 g/mol. The number of hydrogen-bond acceptors (Lipinski definition) is 7. The summed E-state index contributed by atoms with van der Waals surface area (Å²) >= 11 is 0. The molecular weight excluding hydrogens is 392 g/mol. The van der Waals surface area contributed by atoms with Crippen LogP contribution < -0.4 is 0 Å². The van der Waals surface area contributed by atoms with Crippen LogP contribution >= 0.6 is 0 Å². The van der Waals surface area contributed by atoms with Crippen molar-refractivity contribution >= 4 is 17.8 Å². The summed E-state index contributed by atoms with van der Waals surface area (Å²) in [7, 11) is 0. The van der Waals surface area contributed by atoms with Crippen LogP contribution in [0.4, 0.5) is 10.6 Å². The Balaban J connectivity index is 1.78. The maximum atomic E-state index is 13.0. The Morgan fingerprint density at radius 2 is 1.93 bits per heavy atom. The number of amides is 2. The second-order valence-corrected chi connectivity index (χ2v) is 7.94. The summed E-state index contributed by atoms with van der Waals surface area (Å²) in [6.45, 7) is 6.15. The number of rotatable bonds is 4. The van der Waals surface area contributed by atoms with E-state index in [1.54, 1.807) is 55.1 Å². The highest BCUT2D eigenvalue weighted by Gasteiger charge is 2.35. The molecule has 1 fully saturated rings. The average Bonchev–Trinajstić information content (AvgIpc) is 3.15. The molecule has 3 rings (SSSR count). The largest absolute Gasteiger partial charge is 0.444 e. The highest BCUT2D eigenvalue weighted by molar-refractivity contribution is 5.77. The van der Waals surface area contributed by atoms with Crippen molar-refractivity contribution < 1.29 is 19.2 Å². The minimum Gasteiger partial charge on any atom is -0.444 e. The van der Waals surface area contributed by atoms with Crippen LogP contribution in [0.1, 0.15) is 32.4 Å². The predicted octanol–water partition coefficient (Wildman–Crippen LogP) is 2.01. The van der Waals surface area contributed by atoms with Gasteiger partial charge < -0.3 is 24.7 Å². The minimum atomic E-state index is -0.620. The van der Waals surface area contributed by atoms with Gasteiger partial charge in [-0.3, -0.25) is 9.78 Å². The van der Waals surface area contributed by atoms with Gasteiger partial charge in [0.05, 0.1) is 23.4 Å². The number of carbonyl (C=O) groups excluding carboxylic acids is 2. The van der Waals surface area contributed by atoms with Crippen molar-refractivity contribution in [1.29, 1.82) is 0 Å². The summed E-state index contributed by atoms with van der Waals surface area (Å²) in [5.41, 5.74) is 0.212. The lowest BCUT2D eigenvalue weighted by molar-refractivity contribution is -0.389. The topological polar surface area (TPSA) is 124 Å². The maximum absolute atomic E-state index is 13.0. The fourth-order valence-electron chi connectivity index (χ4n) is 3.21. The zero-order chi connectivity index (χ0) is 21.9. The number of pyridine rings is 1. The van der Waals surface area contributed by atoms with Crippen molar-refractivity contribution in [2.75, 3.05) is 19.6 Å². The fourth-order valence-corrected chi connectivity index (χ4v) is 3.21. The zero-order valence-corrected chi connectivity index (χ0v) is 17.1. The summed E-state index contributed by atoms with van der Waals surface area (Å²) in [6, 6.07) is 4.44. The molecule has 0 aliphatic carbocycles. The van der Waals surface area contributed by atoms with Gasteiger partial charge in [-0.25, -0.2) is 4.79 Å². The number of piperazine rings is 1. The normalized spacial score (nSPS) is 17.0. The van der Waals surface area contributed by atoms with Crippen molar-refractivity contribution in [3.63, 3.8) is 0 Å². The molecule has 1 atom stereocenters. The quantitative estimate of drug-likeness (QED) is 0.551. The molecule has 1 aliphatic rings. The van der Waals surface area contributed by atoms with E-state index in [2.05, 4.69) is 10.1 Å². The molecule has 1 saturated heterocycles. The van der Waals surface area contributed by atoms with Gasteiger partial charge in [0.15, 0.2) is 0 Å². The lowest BCUT2D eigenvalue weighted by Crippen LogP contribution is -2.53. The Morgan fingerprint density at radius 1 is 1.23 bits per heavy atom. The van der Waals surface area contributed by atoms with E-state index >= 15 is 0 Å². The number of hydrogen-bond donors (Lipinski definition) is 0. The van der Waals surface area contributed by atoms with Crippen molar-refractivity contribution in [2.24, 2.45) is 0 Å².